The van der Waals surface area contributed by atoms with Gasteiger partial charge in [0.2, 0.25) is 5.91 Å². The Balaban J connectivity index is 2.81. The lowest BCUT2D eigenvalue weighted by molar-refractivity contribution is -0.118. The highest BCUT2D eigenvalue weighted by molar-refractivity contribution is 7.86. The predicted molar refractivity (Wildman–Crippen MR) is 65.6 cm³/mol. The van der Waals surface area contributed by atoms with Crippen LogP contribution in [0.25, 0.3) is 0 Å². The second-order valence-electron chi connectivity index (χ2n) is 3.43. The van der Waals surface area contributed by atoms with Crippen LogP contribution in [0.2, 0.25) is 0 Å². The van der Waals surface area contributed by atoms with Crippen molar-refractivity contribution >= 4 is 22.4 Å². The molecule has 1 unspecified atom stereocenters. The van der Waals surface area contributed by atoms with Gasteiger partial charge in [0.15, 0.2) is 0 Å². The molecule has 0 bridgehead atoms. The number of hydrogen-bond donors (Lipinski definition) is 2. The molecule has 16 heavy (non-hydrogen) atoms. The lowest BCUT2D eigenvalue weighted by atomic mass is 10.2. The van der Waals surface area contributed by atoms with E-state index in [1.165, 1.54) is 0 Å². The molecule has 3 N–H and O–H groups in total. The number of rotatable bonds is 4. The number of benzene rings is 1. The molecule has 0 aromatic heterocycles. The monoisotopic (exact) mass is 240 g/mol. The number of nitrogens with one attached hydrogen (secondary N) is 1. The van der Waals surface area contributed by atoms with Gasteiger partial charge >= 0.3 is 0 Å². The fourth-order valence-corrected chi connectivity index (χ4v) is 2.43. The van der Waals surface area contributed by atoms with Crippen LogP contribution in [0.15, 0.2) is 23.1 Å². The first-order valence-corrected chi connectivity index (χ1v) is 6.38. The molecule has 0 fully saturated rings. The Bertz CT molecular complexity index is 418. The van der Waals surface area contributed by atoms with Crippen molar-refractivity contribution in [2.75, 3.05) is 18.0 Å². The van der Waals surface area contributed by atoms with E-state index in [1.54, 1.807) is 12.1 Å². The van der Waals surface area contributed by atoms with Gasteiger partial charge < -0.3 is 11.1 Å². The Morgan fingerprint density at radius 3 is 2.81 bits per heavy atom. The van der Waals surface area contributed by atoms with Gasteiger partial charge in [0, 0.05) is 6.54 Å². The molecule has 0 radical (unpaired) electrons. The highest BCUT2D eigenvalue weighted by atomic mass is 32.2. The number of aryl methyl sites for hydroxylation is 1. The summed E-state index contributed by atoms with van der Waals surface area (Å²) in [7, 11) is -1.37. The van der Waals surface area contributed by atoms with Crippen LogP contribution in [0.1, 0.15) is 12.5 Å². The SMILES string of the molecule is CCNC(=O)CS(=O)c1cccc(C)c1N. The average Bonchev–Trinajstić information content (AvgIpc) is 2.22. The Morgan fingerprint density at radius 2 is 2.19 bits per heavy atom. The number of carbonyl (C=O) groups excluding carboxylic acids is 1. The summed E-state index contributed by atoms with van der Waals surface area (Å²) in [5.74, 6) is -0.261. The number of carbonyl (C=O) groups is 1. The average molecular weight is 240 g/mol. The molecular formula is C11H16N2O2S. The maximum atomic E-state index is 11.9. The van der Waals surface area contributed by atoms with Crippen LogP contribution in [0.5, 0.6) is 0 Å². The third kappa shape index (κ3) is 3.06. The van der Waals surface area contributed by atoms with Gasteiger partial charge in [-0.05, 0) is 25.5 Å². The summed E-state index contributed by atoms with van der Waals surface area (Å²) in [6.45, 7) is 4.21. The molecule has 4 nitrogen and oxygen atoms in total. The highest BCUT2D eigenvalue weighted by Gasteiger charge is 2.12. The molecule has 0 saturated carbocycles. The molecular weight excluding hydrogens is 224 g/mol. The van der Waals surface area contributed by atoms with E-state index in [0.29, 0.717) is 17.1 Å². The molecule has 1 atom stereocenters. The van der Waals surface area contributed by atoms with Crippen LogP contribution < -0.4 is 11.1 Å². The first-order chi connectivity index (χ1) is 7.56. The summed E-state index contributed by atoms with van der Waals surface area (Å²) in [4.78, 5) is 11.8. The lowest BCUT2D eigenvalue weighted by Crippen LogP contribution is -2.28. The number of nitrogens with two attached hydrogens (primary N) is 1. The van der Waals surface area contributed by atoms with Gasteiger partial charge in [-0.1, -0.05) is 12.1 Å². The van der Waals surface area contributed by atoms with Crippen LogP contribution in [0, 0.1) is 6.92 Å². The maximum absolute atomic E-state index is 11.9. The Labute approximate surface area is 97.7 Å². The minimum absolute atomic E-state index is 0.0402. The number of anilines is 1. The second-order valence-corrected chi connectivity index (χ2v) is 4.85. The summed E-state index contributed by atoms with van der Waals surface area (Å²) in [5, 5.41) is 2.61. The van der Waals surface area contributed by atoms with E-state index in [-0.39, 0.29) is 11.7 Å². The highest BCUT2D eigenvalue weighted by Crippen LogP contribution is 2.20. The van der Waals surface area contributed by atoms with E-state index in [2.05, 4.69) is 5.32 Å². The Kier molecular flexibility index (Phi) is 4.49. The molecule has 0 spiro atoms. The van der Waals surface area contributed by atoms with Gasteiger partial charge in [0.1, 0.15) is 5.75 Å². The van der Waals surface area contributed by atoms with Gasteiger partial charge in [0.25, 0.3) is 0 Å². The first-order valence-electron chi connectivity index (χ1n) is 5.06. The van der Waals surface area contributed by atoms with Crippen LogP contribution in [0.4, 0.5) is 5.69 Å². The molecule has 0 saturated heterocycles. The molecule has 0 aliphatic carbocycles. The predicted octanol–water partition coefficient (Wildman–Crippen LogP) is 0.821. The zero-order chi connectivity index (χ0) is 12.1. The zero-order valence-corrected chi connectivity index (χ0v) is 10.3. The van der Waals surface area contributed by atoms with Crippen molar-refractivity contribution in [1.82, 2.24) is 5.32 Å². The number of para-hydroxylation sites is 1. The van der Waals surface area contributed by atoms with Gasteiger partial charge in [-0.25, -0.2) is 0 Å². The summed E-state index contributed by atoms with van der Waals surface area (Å²) < 4.78 is 11.9. The van der Waals surface area contributed by atoms with Gasteiger partial charge in [-0.3, -0.25) is 9.00 Å². The number of hydrogen-bond acceptors (Lipinski definition) is 3. The summed E-state index contributed by atoms with van der Waals surface area (Å²) in [6.07, 6.45) is 0. The summed E-state index contributed by atoms with van der Waals surface area (Å²) in [5.41, 5.74) is 7.19. The second kappa shape index (κ2) is 5.65. The molecule has 1 amide bonds. The van der Waals surface area contributed by atoms with Gasteiger partial charge in [-0.2, -0.15) is 0 Å². The van der Waals surface area contributed by atoms with Crippen molar-refractivity contribution in [3.05, 3.63) is 23.8 Å². The van der Waals surface area contributed by atoms with Crippen LogP contribution >= 0.6 is 0 Å². The van der Waals surface area contributed by atoms with E-state index in [1.807, 2.05) is 19.9 Å². The molecule has 0 heterocycles. The minimum Gasteiger partial charge on any atom is -0.398 e. The van der Waals surface area contributed by atoms with Crippen LogP contribution in [-0.4, -0.2) is 22.4 Å². The minimum atomic E-state index is -1.37. The third-order valence-corrected chi connectivity index (χ3v) is 3.54. The number of amides is 1. The largest absolute Gasteiger partial charge is 0.398 e. The van der Waals surface area contributed by atoms with Crippen molar-refractivity contribution in [2.45, 2.75) is 18.7 Å². The molecule has 5 heteroatoms. The Morgan fingerprint density at radius 1 is 1.50 bits per heavy atom. The lowest BCUT2D eigenvalue weighted by Gasteiger charge is -2.07. The van der Waals surface area contributed by atoms with Crippen molar-refractivity contribution in [3.63, 3.8) is 0 Å². The van der Waals surface area contributed by atoms with Crippen molar-refractivity contribution in [3.8, 4) is 0 Å². The Hall–Kier alpha value is -1.36. The standard InChI is InChI=1S/C11H16N2O2S/c1-3-13-10(14)7-16(15)9-6-4-5-8(2)11(9)12/h4-6H,3,7,12H2,1-2H3,(H,13,14). The van der Waals surface area contributed by atoms with Gasteiger partial charge in [-0.15, -0.1) is 0 Å². The van der Waals surface area contributed by atoms with Crippen LogP contribution in [-0.2, 0) is 15.6 Å². The van der Waals surface area contributed by atoms with Crippen LogP contribution in [0.3, 0.4) is 0 Å². The van der Waals surface area contributed by atoms with E-state index in [4.69, 9.17) is 5.73 Å². The van der Waals surface area contributed by atoms with E-state index < -0.39 is 10.8 Å². The van der Waals surface area contributed by atoms with E-state index in [0.717, 1.165) is 5.56 Å². The molecule has 0 aliphatic heterocycles. The maximum Gasteiger partial charge on any atom is 0.232 e. The topological polar surface area (TPSA) is 72.2 Å². The number of nitrogen functional groups attached to an aromatic ring is 1. The normalized spacial score (nSPS) is 12.1. The third-order valence-electron chi connectivity index (χ3n) is 2.17. The van der Waals surface area contributed by atoms with E-state index in [9.17, 15) is 9.00 Å². The fourth-order valence-electron chi connectivity index (χ4n) is 1.30. The quantitative estimate of drug-likeness (QED) is 0.765. The van der Waals surface area contributed by atoms with Crippen molar-refractivity contribution in [1.29, 1.82) is 0 Å². The molecule has 1 rings (SSSR count). The van der Waals surface area contributed by atoms with Gasteiger partial charge in [0.05, 0.1) is 21.4 Å². The summed E-state index contributed by atoms with van der Waals surface area (Å²) >= 11 is 0. The zero-order valence-electron chi connectivity index (χ0n) is 9.45. The molecule has 1 aromatic carbocycles. The summed E-state index contributed by atoms with van der Waals surface area (Å²) in [6, 6.07) is 5.33. The van der Waals surface area contributed by atoms with Crippen molar-refractivity contribution < 1.29 is 9.00 Å². The smallest absolute Gasteiger partial charge is 0.232 e. The van der Waals surface area contributed by atoms with Crippen molar-refractivity contribution in [2.24, 2.45) is 0 Å². The molecule has 0 aliphatic rings. The van der Waals surface area contributed by atoms with E-state index >= 15 is 0 Å². The fraction of sp³-hybridized carbons (Fsp3) is 0.364. The molecule has 1 aromatic rings. The first kappa shape index (κ1) is 12.7. The molecule has 88 valence electrons.